The van der Waals surface area contributed by atoms with Crippen LogP contribution < -0.4 is 5.73 Å². The molecule has 1 fully saturated rings. The van der Waals surface area contributed by atoms with Crippen LogP contribution in [0.3, 0.4) is 0 Å². The van der Waals surface area contributed by atoms with Gasteiger partial charge in [-0.25, -0.2) is 0 Å². The van der Waals surface area contributed by atoms with Gasteiger partial charge in [-0.05, 0) is 44.7 Å². The molecule has 1 aromatic carbocycles. The molecule has 4 heteroatoms. The molecular formula is C21H35N3O. The van der Waals surface area contributed by atoms with E-state index in [2.05, 4.69) is 49.1 Å². The largest absolute Gasteiger partial charge is 0.337 e. The van der Waals surface area contributed by atoms with Crippen LogP contribution in [0.4, 0.5) is 0 Å². The molecule has 1 saturated heterocycles. The number of benzene rings is 1. The number of rotatable bonds is 7. The van der Waals surface area contributed by atoms with Crippen molar-refractivity contribution in [1.82, 2.24) is 9.80 Å². The molecule has 2 rings (SSSR count). The van der Waals surface area contributed by atoms with E-state index in [0.29, 0.717) is 6.04 Å². The molecule has 1 heterocycles. The van der Waals surface area contributed by atoms with Crippen LogP contribution in [0.2, 0.25) is 0 Å². The Morgan fingerprint density at radius 3 is 2.48 bits per heavy atom. The van der Waals surface area contributed by atoms with Crippen LogP contribution in [0.5, 0.6) is 0 Å². The van der Waals surface area contributed by atoms with Gasteiger partial charge in [0.05, 0.1) is 6.04 Å². The zero-order chi connectivity index (χ0) is 18.4. The SMILES string of the molecule is CC(C)[C@H](N)C(=O)N(CC1CCCCN1Cc1ccccc1)C(C)C. The predicted molar refractivity (Wildman–Crippen MR) is 104 cm³/mol. The van der Waals surface area contributed by atoms with E-state index in [9.17, 15) is 4.79 Å². The molecule has 0 bridgehead atoms. The minimum Gasteiger partial charge on any atom is -0.337 e. The third kappa shape index (κ3) is 5.55. The minimum atomic E-state index is -0.409. The molecule has 1 aliphatic heterocycles. The van der Waals surface area contributed by atoms with Gasteiger partial charge in [0, 0.05) is 25.2 Å². The molecule has 1 amide bonds. The zero-order valence-corrected chi connectivity index (χ0v) is 16.3. The number of carbonyl (C=O) groups is 1. The summed E-state index contributed by atoms with van der Waals surface area (Å²) >= 11 is 0. The average Bonchev–Trinajstić information content (AvgIpc) is 2.60. The van der Waals surface area contributed by atoms with Gasteiger partial charge in [0.1, 0.15) is 0 Å². The first-order chi connectivity index (χ1) is 11.9. The third-order valence-corrected chi connectivity index (χ3v) is 5.29. The number of nitrogens with two attached hydrogens (primary N) is 1. The van der Waals surface area contributed by atoms with E-state index >= 15 is 0 Å². The van der Waals surface area contributed by atoms with Crippen LogP contribution >= 0.6 is 0 Å². The van der Waals surface area contributed by atoms with Crippen molar-refractivity contribution in [2.24, 2.45) is 11.7 Å². The lowest BCUT2D eigenvalue weighted by Crippen LogP contribution is -2.54. The van der Waals surface area contributed by atoms with Crippen molar-refractivity contribution in [2.45, 2.75) is 71.6 Å². The first-order valence-corrected chi connectivity index (χ1v) is 9.74. The summed E-state index contributed by atoms with van der Waals surface area (Å²) in [4.78, 5) is 17.4. The first-order valence-electron chi connectivity index (χ1n) is 9.74. The van der Waals surface area contributed by atoms with Gasteiger partial charge < -0.3 is 10.6 Å². The van der Waals surface area contributed by atoms with Crippen molar-refractivity contribution in [3.8, 4) is 0 Å². The molecule has 0 spiro atoms. The van der Waals surface area contributed by atoms with Gasteiger partial charge in [-0.2, -0.15) is 0 Å². The van der Waals surface area contributed by atoms with Crippen molar-refractivity contribution in [3.05, 3.63) is 35.9 Å². The summed E-state index contributed by atoms with van der Waals surface area (Å²) in [5.74, 6) is 0.260. The number of carbonyl (C=O) groups excluding carboxylic acids is 1. The maximum absolute atomic E-state index is 12.8. The monoisotopic (exact) mass is 345 g/mol. The quantitative estimate of drug-likeness (QED) is 0.825. The number of hydrogen-bond acceptors (Lipinski definition) is 3. The maximum atomic E-state index is 12.8. The molecular weight excluding hydrogens is 310 g/mol. The topological polar surface area (TPSA) is 49.6 Å². The molecule has 0 saturated carbocycles. The van der Waals surface area contributed by atoms with Gasteiger partial charge in [0.25, 0.3) is 0 Å². The van der Waals surface area contributed by atoms with Gasteiger partial charge in [-0.1, -0.05) is 50.6 Å². The summed E-state index contributed by atoms with van der Waals surface area (Å²) in [6, 6.07) is 10.8. The molecule has 2 N–H and O–H groups in total. The summed E-state index contributed by atoms with van der Waals surface area (Å²) in [5.41, 5.74) is 7.50. The van der Waals surface area contributed by atoms with Crippen LogP contribution in [-0.2, 0) is 11.3 Å². The fourth-order valence-corrected chi connectivity index (χ4v) is 3.55. The Labute approximate surface area is 153 Å². The van der Waals surface area contributed by atoms with E-state index in [1.165, 1.54) is 18.4 Å². The zero-order valence-electron chi connectivity index (χ0n) is 16.3. The highest BCUT2D eigenvalue weighted by Crippen LogP contribution is 2.22. The van der Waals surface area contributed by atoms with Crippen molar-refractivity contribution < 1.29 is 4.79 Å². The Morgan fingerprint density at radius 2 is 1.88 bits per heavy atom. The van der Waals surface area contributed by atoms with Gasteiger partial charge in [-0.15, -0.1) is 0 Å². The van der Waals surface area contributed by atoms with Crippen LogP contribution in [0.25, 0.3) is 0 Å². The fourth-order valence-electron chi connectivity index (χ4n) is 3.55. The molecule has 0 radical (unpaired) electrons. The summed E-state index contributed by atoms with van der Waals surface area (Å²) in [7, 11) is 0. The van der Waals surface area contributed by atoms with Crippen molar-refractivity contribution in [1.29, 1.82) is 0 Å². The third-order valence-electron chi connectivity index (χ3n) is 5.29. The second kappa shape index (κ2) is 9.35. The van der Waals surface area contributed by atoms with E-state index in [4.69, 9.17) is 5.73 Å². The second-order valence-corrected chi connectivity index (χ2v) is 7.96. The molecule has 25 heavy (non-hydrogen) atoms. The van der Waals surface area contributed by atoms with Gasteiger partial charge in [0.2, 0.25) is 5.91 Å². The Balaban J connectivity index is 2.08. The maximum Gasteiger partial charge on any atom is 0.240 e. The molecule has 140 valence electrons. The van der Waals surface area contributed by atoms with Crippen LogP contribution in [-0.4, -0.2) is 46.9 Å². The van der Waals surface area contributed by atoms with Crippen LogP contribution in [0.1, 0.15) is 52.5 Å². The number of hydrogen-bond donors (Lipinski definition) is 1. The van der Waals surface area contributed by atoms with Crippen LogP contribution in [0.15, 0.2) is 30.3 Å². The van der Waals surface area contributed by atoms with Gasteiger partial charge in [0.15, 0.2) is 0 Å². The van der Waals surface area contributed by atoms with E-state index < -0.39 is 6.04 Å². The van der Waals surface area contributed by atoms with Crippen LogP contribution in [0, 0.1) is 5.92 Å². The number of likely N-dealkylation sites (tertiary alicyclic amines) is 1. The standard InChI is InChI=1S/C21H35N3O/c1-16(2)20(22)21(25)24(17(3)4)15-19-12-8-9-13-23(19)14-18-10-6-5-7-11-18/h5-7,10-11,16-17,19-20H,8-9,12-15,22H2,1-4H3/t19?,20-/m0/s1. The summed E-state index contributed by atoms with van der Waals surface area (Å²) in [6.07, 6.45) is 3.64. The number of nitrogens with zero attached hydrogens (tertiary/aromatic N) is 2. The molecule has 0 aromatic heterocycles. The lowest BCUT2D eigenvalue weighted by Gasteiger charge is -2.41. The lowest BCUT2D eigenvalue weighted by atomic mass is 9.98. The van der Waals surface area contributed by atoms with Gasteiger partial charge in [-0.3, -0.25) is 9.69 Å². The summed E-state index contributed by atoms with van der Waals surface area (Å²) in [6.45, 7) is 11.1. The smallest absolute Gasteiger partial charge is 0.240 e. The number of amides is 1. The van der Waals surface area contributed by atoms with E-state index in [-0.39, 0.29) is 17.9 Å². The van der Waals surface area contributed by atoms with Gasteiger partial charge >= 0.3 is 0 Å². The average molecular weight is 346 g/mol. The highest BCUT2D eigenvalue weighted by Gasteiger charge is 2.30. The Kier molecular flexibility index (Phi) is 7.45. The summed E-state index contributed by atoms with van der Waals surface area (Å²) < 4.78 is 0. The Morgan fingerprint density at radius 1 is 1.20 bits per heavy atom. The minimum absolute atomic E-state index is 0.0928. The molecule has 4 nitrogen and oxygen atoms in total. The summed E-state index contributed by atoms with van der Waals surface area (Å²) in [5, 5.41) is 0. The molecule has 0 aliphatic carbocycles. The molecule has 1 unspecified atom stereocenters. The second-order valence-electron chi connectivity index (χ2n) is 7.96. The molecule has 1 aromatic rings. The molecule has 2 atom stereocenters. The van der Waals surface area contributed by atoms with E-state index in [1.807, 2.05) is 18.7 Å². The number of piperidine rings is 1. The molecule has 1 aliphatic rings. The first kappa shape index (κ1) is 19.9. The van der Waals surface area contributed by atoms with E-state index in [1.54, 1.807) is 0 Å². The van der Waals surface area contributed by atoms with Crippen molar-refractivity contribution in [2.75, 3.05) is 13.1 Å². The highest BCUT2D eigenvalue weighted by molar-refractivity contribution is 5.82. The predicted octanol–water partition coefficient (Wildman–Crippen LogP) is 3.26. The highest BCUT2D eigenvalue weighted by atomic mass is 16.2. The Hall–Kier alpha value is -1.39. The van der Waals surface area contributed by atoms with E-state index in [0.717, 1.165) is 26.1 Å². The fraction of sp³-hybridized carbons (Fsp3) is 0.667. The Bertz CT molecular complexity index is 529. The normalized spacial score (nSPS) is 20.0. The lowest BCUT2D eigenvalue weighted by molar-refractivity contribution is -0.136. The van der Waals surface area contributed by atoms with Crippen molar-refractivity contribution in [3.63, 3.8) is 0 Å². The van der Waals surface area contributed by atoms with Crippen molar-refractivity contribution >= 4 is 5.91 Å².